The lowest BCUT2D eigenvalue weighted by molar-refractivity contribution is 0.208. The van der Waals surface area contributed by atoms with E-state index in [-0.39, 0.29) is 0 Å². The Balaban J connectivity index is 1.99. The molecule has 1 unspecified atom stereocenters. The molecular weight excluding hydrogens is 222 g/mol. The molecule has 1 aromatic carbocycles. The van der Waals surface area contributed by atoms with Gasteiger partial charge in [-0.2, -0.15) is 0 Å². The third-order valence-corrected chi connectivity index (χ3v) is 3.28. The second kappa shape index (κ2) is 5.31. The molecule has 0 spiro atoms. The van der Waals surface area contributed by atoms with Gasteiger partial charge in [0, 0.05) is 13.1 Å². The first kappa shape index (κ1) is 13.4. The summed E-state index contributed by atoms with van der Waals surface area (Å²) < 4.78 is 6.06. The van der Waals surface area contributed by atoms with Crippen LogP contribution in [0.2, 0.25) is 0 Å². The highest BCUT2D eigenvalue weighted by molar-refractivity contribution is 5.29. The van der Waals surface area contributed by atoms with Crippen LogP contribution >= 0.6 is 0 Å². The first-order chi connectivity index (χ1) is 8.42. The molecule has 0 radical (unpaired) electrons. The van der Waals surface area contributed by atoms with Gasteiger partial charge in [-0.1, -0.05) is 32.9 Å². The van der Waals surface area contributed by atoms with Crippen LogP contribution in [-0.2, 0) is 6.42 Å². The molecule has 1 heterocycles. The molecule has 1 aromatic rings. The molecule has 1 saturated heterocycles. The van der Waals surface area contributed by atoms with Crippen molar-refractivity contribution >= 4 is 0 Å². The monoisotopic (exact) mass is 247 g/mol. The summed E-state index contributed by atoms with van der Waals surface area (Å²) in [4.78, 5) is 2.32. The molecule has 1 fully saturated rings. The van der Waals surface area contributed by atoms with Gasteiger partial charge >= 0.3 is 0 Å². The Morgan fingerprint density at radius 2 is 2.11 bits per heavy atom. The molecule has 0 bridgehead atoms. The highest BCUT2D eigenvalue weighted by Gasteiger charge is 2.21. The number of likely N-dealkylation sites (tertiary alicyclic amines) is 1. The molecule has 1 aliphatic rings. The summed E-state index contributed by atoms with van der Waals surface area (Å²) in [6.45, 7) is 9.00. The summed E-state index contributed by atoms with van der Waals surface area (Å²) in [5, 5.41) is 0. The highest BCUT2D eigenvalue weighted by Crippen LogP contribution is 2.24. The van der Waals surface area contributed by atoms with Gasteiger partial charge in [0.2, 0.25) is 0 Å². The van der Waals surface area contributed by atoms with Gasteiger partial charge in [0.05, 0.1) is 0 Å². The van der Waals surface area contributed by atoms with Crippen LogP contribution in [0.1, 0.15) is 32.8 Å². The Hall–Kier alpha value is -1.02. The highest BCUT2D eigenvalue weighted by atomic mass is 16.5. The fourth-order valence-corrected chi connectivity index (χ4v) is 2.52. The van der Waals surface area contributed by atoms with Crippen molar-refractivity contribution in [2.45, 2.75) is 39.7 Å². The largest absolute Gasteiger partial charge is 0.489 e. The molecule has 0 aromatic heterocycles. The fourth-order valence-electron chi connectivity index (χ4n) is 2.52. The van der Waals surface area contributed by atoms with Gasteiger partial charge in [-0.15, -0.1) is 0 Å². The van der Waals surface area contributed by atoms with Gasteiger partial charge in [0.15, 0.2) is 0 Å². The van der Waals surface area contributed by atoms with Crippen molar-refractivity contribution in [1.82, 2.24) is 4.90 Å². The second-order valence-corrected chi connectivity index (χ2v) is 6.68. The number of likely N-dealkylation sites (N-methyl/N-ethyl adjacent to an activating group) is 1. The Kier molecular flexibility index (Phi) is 3.96. The average Bonchev–Trinajstić information content (AvgIpc) is 2.62. The summed E-state index contributed by atoms with van der Waals surface area (Å²) in [6.07, 6.45) is 2.59. The topological polar surface area (TPSA) is 12.5 Å². The van der Waals surface area contributed by atoms with E-state index in [9.17, 15) is 0 Å². The maximum absolute atomic E-state index is 6.06. The van der Waals surface area contributed by atoms with Crippen LogP contribution in [0.5, 0.6) is 5.75 Å². The molecule has 0 aliphatic carbocycles. The standard InChI is InChI=1S/C16H25NO/c1-16(2,3)11-13-6-5-7-14(10-13)18-15-8-9-17(4)12-15/h5-7,10,15H,8-9,11-12H2,1-4H3. The van der Waals surface area contributed by atoms with Crippen molar-refractivity contribution in [3.8, 4) is 5.75 Å². The van der Waals surface area contributed by atoms with E-state index in [1.54, 1.807) is 0 Å². The van der Waals surface area contributed by atoms with E-state index in [2.05, 4.69) is 57.0 Å². The lowest BCUT2D eigenvalue weighted by atomic mass is 9.88. The van der Waals surface area contributed by atoms with Crippen molar-refractivity contribution in [3.63, 3.8) is 0 Å². The smallest absolute Gasteiger partial charge is 0.120 e. The third-order valence-electron chi connectivity index (χ3n) is 3.28. The molecule has 18 heavy (non-hydrogen) atoms. The summed E-state index contributed by atoms with van der Waals surface area (Å²) >= 11 is 0. The Morgan fingerprint density at radius 1 is 1.33 bits per heavy atom. The van der Waals surface area contributed by atoms with Gasteiger partial charge in [0.1, 0.15) is 11.9 Å². The number of ether oxygens (including phenoxy) is 1. The summed E-state index contributed by atoms with van der Waals surface area (Å²) in [7, 11) is 2.15. The van der Waals surface area contributed by atoms with Crippen molar-refractivity contribution < 1.29 is 4.74 Å². The summed E-state index contributed by atoms with van der Waals surface area (Å²) in [5.41, 5.74) is 1.69. The van der Waals surface area contributed by atoms with Crippen LogP contribution in [0.4, 0.5) is 0 Å². The number of rotatable bonds is 3. The lowest BCUT2D eigenvalue weighted by Crippen LogP contribution is -2.21. The zero-order valence-electron chi connectivity index (χ0n) is 12.1. The molecule has 0 N–H and O–H groups in total. The molecule has 1 atom stereocenters. The molecule has 100 valence electrons. The molecule has 2 rings (SSSR count). The number of benzene rings is 1. The fraction of sp³-hybridized carbons (Fsp3) is 0.625. The van der Waals surface area contributed by atoms with Crippen LogP contribution < -0.4 is 4.74 Å². The van der Waals surface area contributed by atoms with E-state index in [1.807, 2.05) is 0 Å². The molecule has 0 saturated carbocycles. The zero-order valence-corrected chi connectivity index (χ0v) is 12.1. The van der Waals surface area contributed by atoms with Crippen LogP contribution in [-0.4, -0.2) is 31.1 Å². The Labute approximate surface area is 111 Å². The second-order valence-electron chi connectivity index (χ2n) is 6.68. The minimum absolute atomic E-state index is 0.326. The number of hydrogen-bond acceptors (Lipinski definition) is 2. The first-order valence-corrected chi connectivity index (χ1v) is 6.86. The van der Waals surface area contributed by atoms with Crippen molar-refractivity contribution in [3.05, 3.63) is 29.8 Å². The predicted octanol–water partition coefficient (Wildman–Crippen LogP) is 3.36. The van der Waals surface area contributed by atoms with Crippen molar-refractivity contribution in [2.75, 3.05) is 20.1 Å². The number of hydrogen-bond donors (Lipinski definition) is 0. The van der Waals surface area contributed by atoms with Crippen molar-refractivity contribution in [2.24, 2.45) is 5.41 Å². The molecule has 1 aliphatic heterocycles. The van der Waals surface area contributed by atoms with Gasteiger partial charge in [-0.25, -0.2) is 0 Å². The SMILES string of the molecule is CN1CCC(Oc2cccc(CC(C)(C)C)c2)C1. The third kappa shape index (κ3) is 4.02. The maximum Gasteiger partial charge on any atom is 0.120 e. The van der Waals surface area contributed by atoms with Gasteiger partial charge in [-0.05, 0) is 43.0 Å². The maximum atomic E-state index is 6.06. The van der Waals surface area contributed by atoms with E-state index in [1.165, 1.54) is 5.56 Å². The Bertz CT molecular complexity index is 394. The van der Waals surface area contributed by atoms with Gasteiger partial charge in [-0.3, -0.25) is 0 Å². The molecular formula is C16H25NO. The predicted molar refractivity (Wildman–Crippen MR) is 76.1 cm³/mol. The summed E-state index contributed by atoms with van der Waals surface area (Å²) in [5.74, 6) is 1.03. The van der Waals surface area contributed by atoms with Crippen LogP contribution in [0.3, 0.4) is 0 Å². The van der Waals surface area contributed by atoms with E-state index in [0.717, 1.165) is 31.7 Å². The molecule has 2 nitrogen and oxygen atoms in total. The number of nitrogens with zero attached hydrogens (tertiary/aromatic N) is 1. The molecule has 2 heteroatoms. The first-order valence-electron chi connectivity index (χ1n) is 6.86. The summed E-state index contributed by atoms with van der Waals surface area (Å²) in [6, 6.07) is 8.57. The quantitative estimate of drug-likeness (QED) is 0.812. The van der Waals surface area contributed by atoms with Crippen LogP contribution in [0, 0.1) is 5.41 Å². The van der Waals surface area contributed by atoms with E-state index >= 15 is 0 Å². The lowest BCUT2D eigenvalue weighted by Gasteiger charge is -2.19. The zero-order chi connectivity index (χ0) is 13.2. The van der Waals surface area contributed by atoms with Gasteiger partial charge in [0.25, 0.3) is 0 Å². The van der Waals surface area contributed by atoms with E-state index in [0.29, 0.717) is 11.5 Å². The Morgan fingerprint density at radius 3 is 2.72 bits per heavy atom. The minimum Gasteiger partial charge on any atom is -0.489 e. The van der Waals surface area contributed by atoms with Crippen molar-refractivity contribution in [1.29, 1.82) is 0 Å². The molecule has 0 amide bonds. The minimum atomic E-state index is 0.326. The van der Waals surface area contributed by atoms with Gasteiger partial charge < -0.3 is 9.64 Å². The van der Waals surface area contributed by atoms with E-state index in [4.69, 9.17) is 4.74 Å². The average molecular weight is 247 g/mol. The normalized spacial score (nSPS) is 21.2. The van der Waals surface area contributed by atoms with Crippen LogP contribution in [0.25, 0.3) is 0 Å². The van der Waals surface area contributed by atoms with E-state index < -0.39 is 0 Å². The van der Waals surface area contributed by atoms with Crippen LogP contribution in [0.15, 0.2) is 24.3 Å².